The Balaban J connectivity index is 3.56. The maximum atomic E-state index is 12.9. The van der Waals surface area contributed by atoms with Gasteiger partial charge in [0.25, 0.3) is 0 Å². The van der Waals surface area contributed by atoms with Crippen molar-refractivity contribution in [3.05, 3.63) is 40.4 Å². The van der Waals surface area contributed by atoms with Crippen LogP contribution < -0.4 is 0 Å². The summed E-state index contributed by atoms with van der Waals surface area (Å²) in [6.45, 7) is 8.67. The van der Waals surface area contributed by atoms with Crippen molar-refractivity contribution >= 4 is 33.2 Å². The maximum Gasteiger partial charge on any atom is 0.245 e. The van der Waals surface area contributed by atoms with E-state index in [0.717, 1.165) is 0 Å². The Bertz CT molecular complexity index is 636. The molecule has 1 aromatic carbocycles. The predicted octanol–water partition coefficient (Wildman–Crippen LogP) is 3.46. The van der Waals surface area contributed by atoms with E-state index in [9.17, 15) is 13.5 Å². The fourth-order valence-electron chi connectivity index (χ4n) is 1.89. The summed E-state index contributed by atoms with van der Waals surface area (Å²) in [5, 5.41) is 9.46. The van der Waals surface area contributed by atoms with Gasteiger partial charge >= 0.3 is 0 Å². The summed E-state index contributed by atoms with van der Waals surface area (Å²) in [5.74, 6) is 0. The highest BCUT2D eigenvalue weighted by Crippen LogP contribution is 2.33. The summed E-state index contributed by atoms with van der Waals surface area (Å²) in [7, 11) is -3.87. The Morgan fingerprint density at radius 1 is 1.33 bits per heavy atom. The highest BCUT2D eigenvalue weighted by Gasteiger charge is 2.35. The lowest BCUT2D eigenvalue weighted by Crippen LogP contribution is -2.45. The Hall–Kier alpha value is -0.590. The van der Waals surface area contributed by atoms with Crippen molar-refractivity contribution in [1.82, 2.24) is 4.31 Å². The molecule has 0 radical (unpaired) electrons. The molecule has 0 aliphatic carbocycles. The highest BCUT2D eigenvalue weighted by atomic mass is 35.5. The number of sulfonamides is 1. The minimum Gasteiger partial charge on any atom is -0.392 e. The molecule has 0 bridgehead atoms. The first-order chi connectivity index (χ1) is 9.55. The SMILES string of the molecule is C=CCN(C(C)(C)C)S(=O)(=O)c1cc(Cl)cc(CO)c1Cl. The van der Waals surface area contributed by atoms with Crippen molar-refractivity contribution in [3.8, 4) is 0 Å². The monoisotopic (exact) mass is 351 g/mol. The van der Waals surface area contributed by atoms with Gasteiger partial charge in [0.05, 0.1) is 11.6 Å². The van der Waals surface area contributed by atoms with Crippen LogP contribution in [0.25, 0.3) is 0 Å². The van der Waals surface area contributed by atoms with Gasteiger partial charge in [-0.15, -0.1) is 6.58 Å². The quantitative estimate of drug-likeness (QED) is 0.826. The molecule has 0 saturated heterocycles. The Morgan fingerprint density at radius 3 is 2.33 bits per heavy atom. The van der Waals surface area contributed by atoms with E-state index in [0.29, 0.717) is 0 Å². The summed E-state index contributed by atoms with van der Waals surface area (Å²) in [6.07, 6.45) is 1.51. The van der Waals surface area contributed by atoms with Gasteiger partial charge in [0.2, 0.25) is 10.0 Å². The molecule has 0 fully saturated rings. The van der Waals surface area contributed by atoms with E-state index < -0.39 is 15.6 Å². The van der Waals surface area contributed by atoms with Gasteiger partial charge < -0.3 is 5.11 Å². The Kier molecular flexibility index (Phi) is 5.86. The lowest BCUT2D eigenvalue weighted by Gasteiger charge is -2.34. The van der Waals surface area contributed by atoms with Crippen LogP contribution in [-0.2, 0) is 16.6 Å². The van der Waals surface area contributed by atoms with E-state index in [1.165, 1.54) is 22.5 Å². The molecule has 0 atom stereocenters. The van der Waals surface area contributed by atoms with E-state index in [-0.39, 0.29) is 33.7 Å². The molecule has 1 rings (SSSR count). The highest BCUT2D eigenvalue weighted by molar-refractivity contribution is 7.89. The summed E-state index contributed by atoms with van der Waals surface area (Å²) in [4.78, 5) is -0.113. The standard InChI is InChI=1S/C14H19Cl2NO3S/c1-5-6-17(14(2,3)4)21(19,20)12-8-11(15)7-10(9-18)13(12)16/h5,7-8,18H,1,6,9H2,2-4H3. The third kappa shape index (κ3) is 3.99. The fourth-order valence-corrected chi connectivity index (χ4v) is 4.55. The zero-order valence-corrected chi connectivity index (χ0v) is 14.6. The third-order valence-corrected chi connectivity index (χ3v) is 5.79. The van der Waals surface area contributed by atoms with Crippen molar-refractivity contribution in [2.24, 2.45) is 0 Å². The molecule has 21 heavy (non-hydrogen) atoms. The molecule has 0 saturated carbocycles. The summed E-state index contributed by atoms with van der Waals surface area (Å²) < 4.78 is 27.0. The summed E-state index contributed by atoms with van der Waals surface area (Å²) in [5.41, 5.74) is -0.381. The maximum absolute atomic E-state index is 12.9. The van der Waals surface area contributed by atoms with E-state index in [4.69, 9.17) is 23.2 Å². The molecule has 1 N–H and O–H groups in total. The molecule has 0 unspecified atom stereocenters. The number of benzene rings is 1. The van der Waals surface area contributed by atoms with E-state index in [2.05, 4.69) is 6.58 Å². The molecular weight excluding hydrogens is 333 g/mol. The number of rotatable bonds is 5. The number of aliphatic hydroxyl groups excluding tert-OH is 1. The first kappa shape index (κ1) is 18.5. The van der Waals surface area contributed by atoms with Crippen LogP contribution in [0.15, 0.2) is 29.7 Å². The van der Waals surface area contributed by atoms with Gasteiger partial charge in [0.1, 0.15) is 4.90 Å². The summed E-state index contributed by atoms with van der Waals surface area (Å²) >= 11 is 12.0. The van der Waals surface area contributed by atoms with Gasteiger partial charge in [-0.2, -0.15) is 4.31 Å². The molecular formula is C14H19Cl2NO3S. The van der Waals surface area contributed by atoms with Crippen molar-refractivity contribution in [2.45, 2.75) is 37.8 Å². The van der Waals surface area contributed by atoms with Gasteiger partial charge in [0, 0.05) is 17.1 Å². The van der Waals surface area contributed by atoms with Gasteiger partial charge in [0.15, 0.2) is 0 Å². The first-order valence-corrected chi connectivity index (χ1v) is 8.47. The molecule has 0 heterocycles. The average molecular weight is 352 g/mol. The second-order valence-electron chi connectivity index (χ2n) is 5.53. The number of halogens is 2. The van der Waals surface area contributed by atoms with Crippen LogP contribution in [0.3, 0.4) is 0 Å². The Labute approximate surface area is 136 Å². The second-order valence-corrected chi connectivity index (χ2v) is 8.18. The smallest absolute Gasteiger partial charge is 0.245 e. The van der Waals surface area contributed by atoms with Crippen LogP contribution in [0, 0.1) is 0 Å². The van der Waals surface area contributed by atoms with E-state index in [1.807, 2.05) is 0 Å². The molecule has 1 aromatic rings. The Morgan fingerprint density at radius 2 is 1.90 bits per heavy atom. The predicted molar refractivity (Wildman–Crippen MR) is 86.2 cm³/mol. The van der Waals surface area contributed by atoms with E-state index in [1.54, 1.807) is 20.8 Å². The van der Waals surface area contributed by atoms with Crippen molar-refractivity contribution in [2.75, 3.05) is 6.54 Å². The van der Waals surface area contributed by atoms with Crippen LogP contribution in [0.4, 0.5) is 0 Å². The molecule has 0 amide bonds. The number of nitrogens with zero attached hydrogens (tertiary/aromatic N) is 1. The minimum absolute atomic E-state index is 0.0137. The minimum atomic E-state index is -3.87. The van der Waals surface area contributed by atoms with Crippen LogP contribution in [0.2, 0.25) is 10.0 Å². The summed E-state index contributed by atoms with van der Waals surface area (Å²) in [6, 6.07) is 2.73. The number of hydrogen-bond donors (Lipinski definition) is 1. The van der Waals surface area contributed by atoms with Crippen molar-refractivity contribution in [1.29, 1.82) is 0 Å². The average Bonchev–Trinajstić information content (AvgIpc) is 2.36. The normalized spacial score (nSPS) is 12.7. The van der Waals surface area contributed by atoms with Gasteiger partial charge in [-0.25, -0.2) is 8.42 Å². The molecule has 4 nitrogen and oxygen atoms in total. The molecule has 0 aliphatic heterocycles. The number of hydrogen-bond acceptors (Lipinski definition) is 3. The second kappa shape index (κ2) is 6.67. The first-order valence-electron chi connectivity index (χ1n) is 6.28. The molecule has 0 spiro atoms. The lowest BCUT2D eigenvalue weighted by molar-refractivity contribution is 0.269. The molecule has 7 heteroatoms. The molecule has 0 aromatic heterocycles. The zero-order valence-electron chi connectivity index (χ0n) is 12.2. The van der Waals surface area contributed by atoms with Crippen LogP contribution in [-0.4, -0.2) is 29.9 Å². The van der Waals surface area contributed by atoms with Crippen LogP contribution >= 0.6 is 23.2 Å². The van der Waals surface area contributed by atoms with Gasteiger partial charge in [-0.1, -0.05) is 29.3 Å². The van der Waals surface area contributed by atoms with Gasteiger partial charge in [-0.3, -0.25) is 0 Å². The largest absolute Gasteiger partial charge is 0.392 e. The van der Waals surface area contributed by atoms with Gasteiger partial charge in [-0.05, 0) is 38.5 Å². The molecule has 0 aliphatic rings. The third-order valence-electron chi connectivity index (χ3n) is 2.86. The van der Waals surface area contributed by atoms with Crippen molar-refractivity contribution in [3.63, 3.8) is 0 Å². The molecule has 118 valence electrons. The van der Waals surface area contributed by atoms with Crippen LogP contribution in [0.5, 0.6) is 0 Å². The van der Waals surface area contributed by atoms with Crippen LogP contribution in [0.1, 0.15) is 26.3 Å². The van der Waals surface area contributed by atoms with E-state index >= 15 is 0 Å². The lowest BCUT2D eigenvalue weighted by atomic mass is 10.1. The fraction of sp³-hybridized carbons (Fsp3) is 0.429. The number of aliphatic hydroxyl groups is 1. The van der Waals surface area contributed by atoms with Crippen molar-refractivity contribution < 1.29 is 13.5 Å². The topological polar surface area (TPSA) is 57.6 Å². The zero-order chi connectivity index (χ0) is 16.4.